The van der Waals surface area contributed by atoms with Crippen molar-refractivity contribution in [2.75, 3.05) is 31.0 Å². The van der Waals surface area contributed by atoms with Gasteiger partial charge in [0.25, 0.3) is 5.91 Å². The van der Waals surface area contributed by atoms with E-state index in [2.05, 4.69) is 5.32 Å². The molecule has 2 aromatic rings. The van der Waals surface area contributed by atoms with Gasteiger partial charge >= 0.3 is 0 Å². The zero-order valence-corrected chi connectivity index (χ0v) is 18.1. The van der Waals surface area contributed by atoms with Gasteiger partial charge in [-0.1, -0.05) is 6.92 Å². The van der Waals surface area contributed by atoms with Gasteiger partial charge in [0.1, 0.15) is 12.3 Å². The van der Waals surface area contributed by atoms with Crippen LogP contribution in [0.15, 0.2) is 36.4 Å². The van der Waals surface area contributed by atoms with Crippen LogP contribution in [0.25, 0.3) is 0 Å². The van der Waals surface area contributed by atoms with E-state index in [1.54, 1.807) is 43.3 Å². The molecular weight excluding hydrogens is 400 g/mol. The summed E-state index contributed by atoms with van der Waals surface area (Å²) in [6.45, 7) is 3.33. The topological polar surface area (TPSA) is 94.2 Å². The Bertz CT molecular complexity index is 1000. The molecule has 1 N–H and O–H groups in total. The quantitative estimate of drug-likeness (QED) is 0.650. The van der Waals surface area contributed by atoms with E-state index in [0.29, 0.717) is 40.6 Å². The van der Waals surface area contributed by atoms with E-state index in [0.717, 1.165) is 6.42 Å². The van der Waals surface area contributed by atoms with Crippen LogP contribution < -0.4 is 24.4 Å². The Kier molecular flexibility index (Phi) is 6.79. The van der Waals surface area contributed by atoms with Gasteiger partial charge in [-0.2, -0.15) is 0 Å². The molecule has 0 aromatic heterocycles. The molecule has 1 heterocycles. The van der Waals surface area contributed by atoms with Crippen LogP contribution in [-0.4, -0.2) is 44.5 Å². The van der Waals surface area contributed by atoms with Gasteiger partial charge in [-0.3, -0.25) is 19.3 Å². The number of carbonyl (C=O) groups excluding carboxylic acids is 3. The molecule has 1 aliphatic rings. The summed E-state index contributed by atoms with van der Waals surface area (Å²) in [6, 6.07) is 9.95. The van der Waals surface area contributed by atoms with Crippen LogP contribution in [0.5, 0.6) is 17.2 Å². The molecule has 8 heteroatoms. The minimum Gasteiger partial charge on any atom is -0.493 e. The third-order valence-corrected chi connectivity index (χ3v) is 4.94. The van der Waals surface area contributed by atoms with Gasteiger partial charge in [0, 0.05) is 23.7 Å². The van der Waals surface area contributed by atoms with Crippen molar-refractivity contribution in [1.29, 1.82) is 0 Å². The Morgan fingerprint density at radius 3 is 2.52 bits per heavy atom. The lowest BCUT2D eigenvalue weighted by molar-refractivity contribution is -0.127. The van der Waals surface area contributed by atoms with E-state index >= 15 is 0 Å². The van der Waals surface area contributed by atoms with Gasteiger partial charge in [-0.05, 0) is 43.7 Å². The number of ketones is 1. The van der Waals surface area contributed by atoms with Gasteiger partial charge in [0.2, 0.25) is 5.91 Å². The lowest BCUT2D eigenvalue weighted by Gasteiger charge is -2.32. The zero-order valence-electron chi connectivity index (χ0n) is 18.1. The standard InChI is InChI=1S/C23H26N2O6/c1-5-6-18(26)15-7-9-19-17(11-15)25(23(28)14(2)31-19)13-22(27)24-16-8-10-20(29-3)21(12-16)30-4/h7-12,14H,5-6,13H2,1-4H3,(H,24,27). The first kappa shape index (κ1) is 22.1. The van der Waals surface area contributed by atoms with E-state index < -0.39 is 12.0 Å². The van der Waals surface area contributed by atoms with E-state index in [4.69, 9.17) is 14.2 Å². The molecule has 0 saturated carbocycles. The number of fused-ring (bicyclic) bond motifs is 1. The number of Topliss-reactive ketones (excluding diaryl/α,β-unsaturated/α-hetero) is 1. The number of methoxy groups -OCH3 is 2. The van der Waals surface area contributed by atoms with Crippen LogP contribution in [0.1, 0.15) is 37.0 Å². The lowest BCUT2D eigenvalue weighted by Crippen LogP contribution is -2.47. The summed E-state index contributed by atoms with van der Waals surface area (Å²) in [5.74, 6) is 0.697. The van der Waals surface area contributed by atoms with Gasteiger partial charge in [0.15, 0.2) is 23.4 Å². The third-order valence-electron chi connectivity index (χ3n) is 4.94. The summed E-state index contributed by atoms with van der Waals surface area (Å²) in [5, 5.41) is 2.76. The number of carbonyl (C=O) groups is 3. The molecule has 0 radical (unpaired) electrons. The summed E-state index contributed by atoms with van der Waals surface area (Å²) < 4.78 is 16.1. The van der Waals surface area contributed by atoms with E-state index in [-0.39, 0.29) is 18.2 Å². The van der Waals surface area contributed by atoms with Crippen LogP contribution in [0.3, 0.4) is 0 Å². The van der Waals surface area contributed by atoms with Crippen molar-refractivity contribution < 1.29 is 28.6 Å². The Labute approximate surface area is 181 Å². The molecule has 31 heavy (non-hydrogen) atoms. The molecule has 8 nitrogen and oxygen atoms in total. The van der Waals surface area contributed by atoms with Crippen molar-refractivity contribution in [2.45, 2.75) is 32.8 Å². The molecule has 164 valence electrons. The molecule has 1 atom stereocenters. The molecule has 1 aliphatic heterocycles. The maximum atomic E-state index is 12.8. The average molecular weight is 426 g/mol. The van der Waals surface area contributed by atoms with E-state index in [9.17, 15) is 14.4 Å². The Balaban J connectivity index is 1.83. The Morgan fingerprint density at radius 2 is 1.84 bits per heavy atom. The number of hydrogen-bond acceptors (Lipinski definition) is 6. The van der Waals surface area contributed by atoms with Gasteiger partial charge in [-0.15, -0.1) is 0 Å². The van der Waals surface area contributed by atoms with Crippen LogP contribution in [-0.2, 0) is 9.59 Å². The van der Waals surface area contributed by atoms with Crippen molar-refractivity contribution in [2.24, 2.45) is 0 Å². The number of nitrogens with zero attached hydrogens (tertiary/aromatic N) is 1. The largest absolute Gasteiger partial charge is 0.493 e. The number of amides is 2. The van der Waals surface area contributed by atoms with E-state index in [1.807, 2.05) is 6.92 Å². The normalized spacial score (nSPS) is 15.0. The zero-order chi connectivity index (χ0) is 22.5. The second kappa shape index (κ2) is 9.51. The average Bonchev–Trinajstić information content (AvgIpc) is 2.76. The minimum absolute atomic E-state index is 0.0221. The smallest absolute Gasteiger partial charge is 0.268 e. The SMILES string of the molecule is CCCC(=O)c1ccc2c(c1)N(CC(=O)Nc1ccc(OC)c(OC)c1)C(=O)C(C)O2. The summed E-state index contributed by atoms with van der Waals surface area (Å²) in [6.07, 6.45) is 0.391. The second-order valence-electron chi connectivity index (χ2n) is 7.16. The van der Waals surface area contributed by atoms with Crippen molar-refractivity contribution in [1.82, 2.24) is 0 Å². The highest BCUT2D eigenvalue weighted by atomic mass is 16.5. The van der Waals surface area contributed by atoms with Gasteiger partial charge < -0.3 is 19.5 Å². The predicted molar refractivity (Wildman–Crippen MR) is 116 cm³/mol. The second-order valence-corrected chi connectivity index (χ2v) is 7.16. The lowest BCUT2D eigenvalue weighted by atomic mass is 10.0. The van der Waals surface area contributed by atoms with Crippen molar-refractivity contribution in [3.8, 4) is 17.2 Å². The highest BCUT2D eigenvalue weighted by molar-refractivity contribution is 6.07. The number of nitrogens with one attached hydrogen (secondary N) is 1. The molecule has 0 bridgehead atoms. The van der Waals surface area contributed by atoms with Crippen LogP contribution in [0.2, 0.25) is 0 Å². The third kappa shape index (κ3) is 4.79. The van der Waals surface area contributed by atoms with Crippen molar-refractivity contribution >= 4 is 29.0 Å². The fraction of sp³-hybridized carbons (Fsp3) is 0.348. The fourth-order valence-corrected chi connectivity index (χ4v) is 3.37. The summed E-state index contributed by atoms with van der Waals surface area (Å²) in [5.41, 5.74) is 1.40. The molecule has 0 saturated heterocycles. The number of anilines is 2. The van der Waals surface area contributed by atoms with Gasteiger partial charge in [0.05, 0.1) is 19.9 Å². The molecular formula is C23H26N2O6. The summed E-state index contributed by atoms with van der Waals surface area (Å²) in [7, 11) is 3.03. The van der Waals surface area contributed by atoms with Crippen LogP contribution >= 0.6 is 0 Å². The fourth-order valence-electron chi connectivity index (χ4n) is 3.37. The van der Waals surface area contributed by atoms with Crippen molar-refractivity contribution in [3.63, 3.8) is 0 Å². The minimum atomic E-state index is -0.737. The first-order valence-electron chi connectivity index (χ1n) is 10.0. The van der Waals surface area contributed by atoms with Gasteiger partial charge in [-0.25, -0.2) is 0 Å². The molecule has 2 amide bonds. The predicted octanol–water partition coefficient (Wildman–Crippen LogP) is 3.44. The number of rotatable bonds is 8. The Hall–Kier alpha value is -3.55. The molecule has 3 rings (SSSR count). The molecule has 1 unspecified atom stereocenters. The van der Waals surface area contributed by atoms with Crippen LogP contribution in [0, 0.1) is 0 Å². The molecule has 2 aromatic carbocycles. The molecule has 0 aliphatic carbocycles. The maximum Gasteiger partial charge on any atom is 0.268 e. The highest BCUT2D eigenvalue weighted by Gasteiger charge is 2.33. The Morgan fingerprint density at radius 1 is 1.10 bits per heavy atom. The van der Waals surface area contributed by atoms with Crippen LogP contribution in [0.4, 0.5) is 11.4 Å². The first-order valence-corrected chi connectivity index (χ1v) is 10.0. The maximum absolute atomic E-state index is 12.8. The first-order chi connectivity index (χ1) is 14.9. The molecule has 0 spiro atoms. The number of ether oxygens (including phenoxy) is 3. The highest BCUT2D eigenvalue weighted by Crippen LogP contribution is 2.35. The number of benzene rings is 2. The van der Waals surface area contributed by atoms with E-state index in [1.165, 1.54) is 19.1 Å². The summed E-state index contributed by atoms with van der Waals surface area (Å²) >= 11 is 0. The number of hydrogen-bond donors (Lipinski definition) is 1. The van der Waals surface area contributed by atoms with Crippen molar-refractivity contribution in [3.05, 3.63) is 42.0 Å². The summed E-state index contributed by atoms with van der Waals surface area (Å²) in [4.78, 5) is 39.2. The monoisotopic (exact) mass is 426 g/mol. The molecule has 0 fully saturated rings.